The second-order valence-corrected chi connectivity index (χ2v) is 10.6. The third-order valence-electron chi connectivity index (χ3n) is 5.82. The molecule has 1 aromatic rings. The van der Waals surface area contributed by atoms with Gasteiger partial charge in [-0.15, -0.1) is 0 Å². The molecule has 0 aromatic heterocycles. The Morgan fingerprint density at radius 2 is 0.926 bits per heavy atom. The zero-order chi connectivity index (χ0) is 20.3. The molecule has 0 unspecified atom stereocenters. The second-order valence-electron chi connectivity index (χ2n) is 10.6. The lowest BCUT2D eigenvalue weighted by Gasteiger charge is -2.30. The van der Waals surface area contributed by atoms with E-state index in [1.54, 1.807) is 16.7 Å². The van der Waals surface area contributed by atoms with E-state index in [0.717, 1.165) is 0 Å². The highest BCUT2D eigenvalue weighted by molar-refractivity contribution is 5.42. The van der Waals surface area contributed by atoms with Crippen molar-refractivity contribution in [3.05, 3.63) is 34.9 Å². The van der Waals surface area contributed by atoms with Crippen LogP contribution in [-0.4, -0.2) is 0 Å². The Kier molecular flexibility index (Phi) is 10.7. The van der Waals surface area contributed by atoms with Gasteiger partial charge in [-0.3, -0.25) is 0 Å². The first-order valence-electron chi connectivity index (χ1n) is 11.8. The van der Waals surface area contributed by atoms with Crippen LogP contribution in [0.25, 0.3) is 0 Å². The maximum absolute atomic E-state index is 2.36. The van der Waals surface area contributed by atoms with Crippen molar-refractivity contribution in [3.63, 3.8) is 0 Å². The third-order valence-corrected chi connectivity index (χ3v) is 5.82. The van der Waals surface area contributed by atoms with Gasteiger partial charge in [-0.2, -0.15) is 0 Å². The first-order valence-corrected chi connectivity index (χ1v) is 11.8. The van der Waals surface area contributed by atoms with Crippen LogP contribution >= 0.6 is 0 Å². The molecular formula is C27H48. The largest absolute Gasteiger partial charge is 0.0654 e. The normalized spacial score (nSPS) is 12.6. The molecule has 0 saturated carbocycles. The molecule has 0 N–H and O–H groups in total. The second kappa shape index (κ2) is 11.9. The minimum absolute atomic E-state index is 0.231. The van der Waals surface area contributed by atoms with E-state index in [-0.39, 0.29) is 10.8 Å². The summed E-state index contributed by atoms with van der Waals surface area (Å²) < 4.78 is 0. The van der Waals surface area contributed by atoms with E-state index in [1.807, 2.05) is 0 Å². The number of rotatable bonds is 12. The SMILES string of the molecule is CCCCCCCCCCCCCc1c(C(C)(C)C)cccc1C(C)(C)C. The highest BCUT2D eigenvalue weighted by atomic mass is 14.3. The van der Waals surface area contributed by atoms with E-state index >= 15 is 0 Å². The molecule has 0 spiro atoms. The minimum Gasteiger partial charge on any atom is -0.0654 e. The fraction of sp³-hybridized carbons (Fsp3) is 0.778. The maximum Gasteiger partial charge on any atom is -0.0129 e. The van der Waals surface area contributed by atoms with Gasteiger partial charge in [-0.1, -0.05) is 131 Å². The topological polar surface area (TPSA) is 0 Å². The Hall–Kier alpha value is -0.780. The Bertz CT molecular complexity index is 478. The van der Waals surface area contributed by atoms with Crippen LogP contribution in [0.2, 0.25) is 0 Å². The van der Waals surface area contributed by atoms with E-state index in [4.69, 9.17) is 0 Å². The highest BCUT2D eigenvalue weighted by Gasteiger charge is 2.24. The van der Waals surface area contributed by atoms with Crippen molar-refractivity contribution in [2.45, 2.75) is 136 Å². The lowest BCUT2D eigenvalue weighted by molar-refractivity contribution is 0.535. The predicted octanol–water partition coefficient (Wildman–Crippen LogP) is 9.14. The lowest BCUT2D eigenvalue weighted by Crippen LogP contribution is -2.21. The van der Waals surface area contributed by atoms with Gasteiger partial charge >= 0.3 is 0 Å². The molecule has 0 amide bonds. The molecular weight excluding hydrogens is 324 g/mol. The van der Waals surface area contributed by atoms with Gasteiger partial charge < -0.3 is 0 Å². The molecule has 0 aliphatic carbocycles. The summed E-state index contributed by atoms with van der Waals surface area (Å²) in [5, 5.41) is 0. The van der Waals surface area contributed by atoms with Crippen molar-refractivity contribution in [2.24, 2.45) is 0 Å². The standard InChI is InChI=1S/C27H48/c1-8-9-10-11-12-13-14-15-16-17-18-20-23-24(26(2,3)4)21-19-22-25(23)27(5,6)7/h19,21-22H,8-18,20H2,1-7H3. The summed E-state index contributed by atoms with van der Waals surface area (Å²) in [5.41, 5.74) is 5.21. The summed E-state index contributed by atoms with van der Waals surface area (Å²) in [6.45, 7) is 16.5. The molecule has 0 aliphatic rings. The molecule has 156 valence electrons. The van der Waals surface area contributed by atoms with Gasteiger partial charge in [0, 0.05) is 0 Å². The number of benzene rings is 1. The molecule has 0 heterocycles. The summed E-state index contributed by atoms with van der Waals surface area (Å²) in [7, 11) is 0. The fourth-order valence-corrected chi connectivity index (χ4v) is 4.23. The van der Waals surface area contributed by atoms with Crippen LogP contribution in [0.1, 0.15) is 136 Å². The first-order chi connectivity index (χ1) is 12.7. The molecule has 0 nitrogen and oxygen atoms in total. The maximum atomic E-state index is 2.36. The van der Waals surface area contributed by atoms with Gasteiger partial charge in [0.2, 0.25) is 0 Å². The van der Waals surface area contributed by atoms with E-state index in [1.165, 1.54) is 77.0 Å². The fourth-order valence-electron chi connectivity index (χ4n) is 4.23. The van der Waals surface area contributed by atoms with Crippen LogP contribution in [0.5, 0.6) is 0 Å². The average Bonchev–Trinajstić information content (AvgIpc) is 2.57. The quantitative estimate of drug-likeness (QED) is 0.321. The van der Waals surface area contributed by atoms with Crippen LogP contribution < -0.4 is 0 Å². The van der Waals surface area contributed by atoms with E-state index in [2.05, 4.69) is 66.7 Å². The van der Waals surface area contributed by atoms with E-state index in [0.29, 0.717) is 0 Å². The van der Waals surface area contributed by atoms with Gasteiger partial charge in [-0.05, 0) is 40.4 Å². The molecule has 0 radical (unpaired) electrons. The van der Waals surface area contributed by atoms with Gasteiger partial charge in [0.05, 0.1) is 0 Å². The monoisotopic (exact) mass is 372 g/mol. The van der Waals surface area contributed by atoms with Crippen molar-refractivity contribution in [3.8, 4) is 0 Å². The van der Waals surface area contributed by atoms with Crippen LogP contribution in [0.15, 0.2) is 18.2 Å². The summed E-state index contributed by atoms with van der Waals surface area (Å²) >= 11 is 0. The van der Waals surface area contributed by atoms with Crippen LogP contribution in [0, 0.1) is 0 Å². The summed E-state index contributed by atoms with van der Waals surface area (Å²) in [4.78, 5) is 0. The highest BCUT2D eigenvalue weighted by Crippen LogP contribution is 2.34. The van der Waals surface area contributed by atoms with Gasteiger partial charge in [0.1, 0.15) is 0 Å². The molecule has 27 heavy (non-hydrogen) atoms. The molecule has 1 aromatic carbocycles. The van der Waals surface area contributed by atoms with Gasteiger partial charge in [0.25, 0.3) is 0 Å². The zero-order valence-electron chi connectivity index (χ0n) is 19.7. The van der Waals surface area contributed by atoms with Crippen molar-refractivity contribution >= 4 is 0 Å². The predicted molar refractivity (Wildman–Crippen MR) is 124 cm³/mol. The van der Waals surface area contributed by atoms with Crippen molar-refractivity contribution in [2.75, 3.05) is 0 Å². The van der Waals surface area contributed by atoms with Crippen LogP contribution in [-0.2, 0) is 17.3 Å². The summed E-state index contributed by atoms with van der Waals surface area (Å²) in [6.07, 6.45) is 16.8. The summed E-state index contributed by atoms with van der Waals surface area (Å²) in [6, 6.07) is 7.00. The molecule has 1 rings (SSSR count). The zero-order valence-corrected chi connectivity index (χ0v) is 19.7. The third kappa shape index (κ3) is 9.31. The molecule has 0 bridgehead atoms. The number of unbranched alkanes of at least 4 members (excludes halogenated alkanes) is 10. The molecule has 0 heteroatoms. The van der Waals surface area contributed by atoms with Crippen LogP contribution in [0.3, 0.4) is 0 Å². The Morgan fingerprint density at radius 1 is 0.556 bits per heavy atom. The molecule has 0 aliphatic heterocycles. The van der Waals surface area contributed by atoms with E-state index in [9.17, 15) is 0 Å². The number of hydrogen-bond donors (Lipinski definition) is 0. The van der Waals surface area contributed by atoms with Crippen LogP contribution in [0.4, 0.5) is 0 Å². The Morgan fingerprint density at radius 3 is 1.30 bits per heavy atom. The Labute approximate surface area is 171 Å². The minimum atomic E-state index is 0.231. The molecule has 0 fully saturated rings. The lowest BCUT2D eigenvalue weighted by atomic mass is 9.75. The average molecular weight is 373 g/mol. The van der Waals surface area contributed by atoms with Crippen molar-refractivity contribution in [1.82, 2.24) is 0 Å². The molecule has 0 atom stereocenters. The smallest absolute Gasteiger partial charge is 0.0129 e. The van der Waals surface area contributed by atoms with Gasteiger partial charge in [-0.25, -0.2) is 0 Å². The van der Waals surface area contributed by atoms with Gasteiger partial charge in [0.15, 0.2) is 0 Å². The Balaban J connectivity index is 2.44. The number of hydrogen-bond acceptors (Lipinski definition) is 0. The van der Waals surface area contributed by atoms with Crippen molar-refractivity contribution in [1.29, 1.82) is 0 Å². The van der Waals surface area contributed by atoms with E-state index < -0.39 is 0 Å². The first kappa shape index (κ1) is 24.3. The molecule has 0 saturated heterocycles. The van der Waals surface area contributed by atoms with Crippen molar-refractivity contribution < 1.29 is 0 Å². The summed E-state index contributed by atoms with van der Waals surface area (Å²) in [5.74, 6) is 0.